The number of aromatic nitrogens is 2. The molecule has 1 aliphatic heterocycles. The van der Waals surface area contributed by atoms with Crippen molar-refractivity contribution in [3.05, 3.63) is 53.6 Å². The van der Waals surface area contributed by atoms with Crippen molar-refractivity contribution in [2.45, 2.75) is 30.8 Å². The number of rotatable bonds is 1. The standard InChI is InChI=1S/C25H19N3O6/c29-9-5-6-12-11(7-9)16-18-19(25(34)27-24(18)33)17-10-3-1-2-4-13(10)28(21(17)20(16)26-12)14-8-15(30)23(32)22(14)31/h1-7,14-15,22-23,26,29-32H,8H2,(H,27,33,34)/t14-,15+,22+,23-/m1/s1. The van der Waals surface area contributed by atoms with Crippen molar-refractivity contribution in [1.82, 2.24) is 14.9 Å². The zero-order valence-electron chi connectivity index (χ0n) is 17.6. The fraction of sp³-hybridized carbons (Fsp3) is 0.200. The minimum absolute atomic E-state index is 0.0185. The molecule has 0 saturated heterocycles. The van der Waals surface area contributed by atoms with E-state index < -0.39 is 36.2 Å². The third-order valence-electron chi connectivity index (χ3n) is 7.31. The van der Waals surface area contributed by atoms with E-state index in [-0.39, 0.29) is 23.3 Å². The van der Waals surface area contributed by atoms with Crippen molar-refractivity contribution in [3.63, 3.8) is 0 Å². The molecular weight excluding hydrogens is 438 g/mol. The normalized spacial score (nSPS) is 24.7. The fourth-order valence-electron chi connectivity index (χ4n) is 5.90. The molecule has 34 heavy (non-hydrogen) atoms. The molecule has 1 saturated carbocycles. The second kappa shape index (κ2) is 6.35. The molecule has 0 unspecified atom stereocenters. The number of para-hydroxylation sites is 1. The van der Waals surface area contributed by atoms with E-state index in [4.69, 9.17) is 0 Å². The van der Waals surface area contributed by atoms with Crippen molar-refractivity contribution < 1.29 is 30.0 Å². The number of benzene rings is 3. The smallest absolute Gasteiger partial charge is 0.259 e. The van der Waals surface area contributed by atoms with Gasteiger partial charge in [-0.25, -0.2) is 0 Å². The Morgan fingerprint density at radius 2 is 1.62 bits per heavy atom. The molecule has 0 bridgehead atoms. The minimum Gasteiger partial charge on any atom is -0.508 e. The van der Waals surface area contributed by atoms with Crippen LogP contribution in [0.15, 0.2) is 42.5 Å². The number of hydrogen-bond donors (Lipinski definition) is 6. The molecule has 4 atom stereocenters. The Kier molecular flexibility index (Phi) is 3.65. The van der Waals surface area contributed by atoms with Gasteiger partial charge in [0.25, 0.3) is 11.8 Å². The molecule has 9 heteroatoms. The Labute approximate surface area is 190 Å². The Morgan fingerprint density at radius 3 is 2.35 bits per heavy atom. The number of carbonyl (C=O) groups is 2. The van der Waals surface area contributed by atoms with Gasteiger partial charge in [0.1, 0.15) is 18.0 Å². The van der Waals surface area contributed by atoms with E-state index in [9.17, 15) is 30.0 Å². The number of phenols is 1. The highest BCUT2D eigenvalue weighted by Crippen LogP contribution is 2.46. The fourth-order valence-corrected chi connectivity index (χ4v) is 5.90. The minimum atomic E-state index is -1.31. The number of hydrogen-bond acceptors (Lipinski definition) is 6. The van der Waals surface area contributed by atoms with Gasteiger partial charge in [-0.15, -0.1) is 0 Å². The van der Waals surface area contributed by atoms with Gasteiger partial charge in [0.15, 0.2) is 0 Å². The Balaban J connectivity index is 1.77. The van der Waals surface area contributed by atoms with Crippen LogP contribution in [0.4, 0.5) is 0 Å². The van der Waals surface area contributed by atoms with E-state index in [0.29, 0.717) is 43.6 Å². The largest absolute Gasteiger partial charge is 0.508 e. The van der Waals surface area contributed by atoms with Crippen LogP contribution in [0.25, 0.3) is 43.6 Å². The van der Waals surface area contributed by atoms with Crippen LogP contribution in [-0.2, 0) is 0 Å². The average molecular weight is 457 g/mol. The molecule has 3 aromatic carbocycles. The lowest BCUT2D eigenvalue weighted by molar-refractivity contribution is -0.0241. The third-order valence-corrected chi connectivity index (χ3v) is 7.31. The quantitative estimate of drug-likeness (QED) is 0.212. The zero-order chi connectivity index (χ0) is 23.5. The van der Waals surface area contributed by atoms with E-state index in [1.54, 1.807) is 12.1 Å². The number of imide groups is 1. The summed E-state index contributed by atoms with van der Waals surface area (Å²) in [5.41, 5.74) is 2.99. The van der Waals surface area contributed by atoms with Crippen LogP contribution >= 0.6 is 0 Å². The topological polar surface area (TPSA) is 148 Å². The van der Waals surface area contributed by atoms with Gasteiger partial charge in [0, 0.05) is 32.6 Å². The maximum atomic E-state index is 13.1. The van der Waals surface area contributed by atoms with Gasteiger partial charge in [0.05, 0.1) is 34.3 Å². The van der Waals surface area contributed by atoms with E-state index >= 15 is 0 Å². The summed E-state index contributed by atoms with van der Waals surface area (Å²) in [7, 11) is 0. The number of nitrogens with zero attached hydrogens (tertiary/aromatic N) is 1. The van der Waals surface area contributed by atoms with Crippen LogP contribution in [-0.4, -0.2) is 60.1 Å². The van der Waals surface area contributed by atoms with E-state index in [1.165, 1.54) is 6.07 Å². The molecule has 1 aliphatic carbocycles. The molecular formula is C25H19N3O6. The monoisotopic (exact) mass is 457 g/mol. The summed E-state index contributed by atoms with van der Waals surface area (Å²) in [6, 6.07) is 11.5. The van der Waals surface area contributed by atoms with Crippen LogP contribution in [0.2, 0.25) is 0 Å². The summed E-state index contributed by atoms with van der Waals surface area (Å²) in [6.45, 7) is 0. The Morgan fingerprint density at radius 1 is 0.882 bits per heavy atom. The van der Waals surface area contributed by atoms with Crippen LogP contribution < -0.4 is 5.32 Å². The van der Waals surface area contributed by atoms with Crippen LogP contribution in [0.1, 0.15) is 33.2 Å². The molecule has 0 spiro atoms. The van der Waals surface area contributed by atoms with Crippen molar-refractivity contribution in [1.29, 1.82) is 0 Å². The molecule has 170 valence electrons. The second-order valence-electron chi connectivity index (χ2n) is 9.10. The lowest BCUT2D eigenvalue weighted by atomic mass is 9.96. The van der Waals surface area contributed by atoms with Gasteiger partial charge in [-0.2, -0.15) is 0 Å². The van der Waals surface area contributed by atoms with E-state index in [2.05, 4.69) is 10.3 Å². The van der Waals surface area contributed by atoms with Gasteiger partial charge in [-0.1, -0.05) is 18.2 Å². The predicted octanol–water partition coefficient (Wildman–Crippen LogP) is 2.05. The van der Waals surface area contributed by atoms with Gasteiger partial charge in [0.2, 0.25) is 0 Å². The lowest BCUT2D eigenvalue weighted by Crippen LogP contribution is -2.31. The van der Waals surface area contributed by atoms with Crippen LogP contribution in [0, 0.1) is 0 Å². The summed E-state index contributed by atoms with van der Waals surface area (Å²) >= 11 is 0. The van der Waals surface area contributed by atoms with Crippen molar-refractivity contribution in [3.8, 4) is 5.75 Å². The number of phenolic OH excluding ortho intramolecular Hbond substituents is 1. The Bertz CT molecular complexity index is 1730. The number of aromatic amines is 1. The highest BCUT2D eigenvalue weighted by atomic mass is 16.4. The summed E-state index contributed by atoms with van der Waals surface area (Å²) in [4.78, 5) is 29.4. The van der Waals surface area contributed by atoms with Crippen molar-refractivity contribution >= 4 is 55.4 Å². The molecule has 2 amide bonds. The van der Waals surface area contributed by atoms with Gasteiger partial charge < -0.3 is 30.0 Å². The molecule has 2 aliphatic rings. The van der Waals surface area contributed by atoms with Crippen molar-refractivity contribution in [2.75, 3.05) is 0 Å². The molecule has 0 radical (unpaired) electrons. The number of aromatic hydroxyl groups is 1. The third kappa shape index (κ3) is 2.23. The summed E-state index contributed by atoms with van der Waals surface area (Å²) in [5.74, 6) is -1.01. The number of nitrogens with one attached hydrogen (secondary N) is 2. The summed E-state index contributed by atoms with van der Waals surface area (Å²) in [6.07, 6.45) is -3.54. The average Bonchev–Trinajstić information content (AvgIpc) is 3.51. The first-order valence-electron chi connectivity index (χ1n) is 11.0. The number of H-pyrrole nitrogens is 1. The molecule has 9 nitrogen and oxygen atoms in total. The SMILES string of the molecule is O=C1NC(=O)c2c1c1c3cc(O)ccc3[nH]c1c1c2c2ccccc2n1[C@@H]1C[C@H](O)[C@@H](O)[C@H]1O. The number of amides is 2. The zero-order valence-corrected chi connectivity index (χ0v) is 17.6. The maximum absolute atomic E-state index is 13.1. The summed E-state index contributed by atoms with van der Waals surface area (Å²) < 4.78 is 1.85. The highest BCUT2D eigenvalue weighted by Gasteiger charge is 2.44. The first-order chi connectivity index (χ1) is 16.4. The number of fused-ring (bicyclic) bond motifs is 10. The first kappa shape index (κ1) is 19.5. The van der Waals surface area contributed by atoms with Gasteiger partial charge in [-0.05, 0) is 30.7 Å². The van der Waals surface area contributed by atoms with Crippen LogP contribution in [0.3, 0.4) is 0 Å². The van der Waals surface area contributed by atoms with Crippen LogP contribution in [0.5, 0.6) is 5.75 Å². The van der Waals surface area contributed by atoms with Gasteiger partial charge in [-0.3, -0.25) is 14.9 Å². The molecule has 1 fully saturated rings. The molecule has 5 aromatic rings. The van der Waals surface area contributed by atoms with E-state index in [1.807, 2.05) is 28.8 Å². The summed E-state index contributed by atoms with van der Waals surface area (Å²) in [5, 5.41) is 46.4. The van der Waals surface area contributed by atoms with Crippen molar-refractivity contribution in [2.24, 2.45) is 0 Å². The maximum Gasteiger partial charge on any atom is 0.259 e. The van der Waals surface area contributed by atoms with E-state index in [0.717, 1.165) is 0 Å². The molecule has 6 N–H and O–H groups in total. The predicted molar refractivity (Wildman–Crippen MR) is 124 cm³/mol. The molecule has 7 rings (SSSR count). The molecule has 2 aromatic heterocycles. The lowest BCUT2D eigenvalue weighted by Gasteiger charge is -2.21. The Hall–Kier alpha value is -3.92. The number of aliphatic hydroxyl groups is 3. The second-order valence-corrected chi connectivity index (χ2v) is 9.10. The first-order valence-corrected chi connectivity index (χ1v) is 11.0. The highest BCUT2D eigenvalue weighted by molar-refractivity contribution is 6.39. The number of aliphatic hydroxyl groups excluding tert-OH is 3. The number of carbonyl (C=O) groups excluding carboxylic acids is 2. The van der Waals surface area contributed by atoms with Gasteiger partial charge >= 0.3 is 0 Å². The molecule has 3 heterocycles.